The number of nitrogens with zero attached hydrogens (tertiary/aromatic N) is 1. The highest BCUT2D eigenvalue weighted by Gasteiger charge is 2.01. The Hall–Kier alpha value is -1.43. The number of hydrogen-bond acceptors (Lipinski definition) is 4. The van der Waals surface area contributed by atoms with Crippen LogP contribution in [0.4, 0.5) is 20.4 Å². The molecular weight excluding hydrogens is 216 g/mol. The molecule has 0 atom stereocenters. The van der Waals surface area contributed by atoms with Gasteiger partial charge in [0.25, 0.3) is 6.43 Å². The second-order valence-electron chi connectivity index (χ2n) is 3.05. The second-order valence-corrected chi connectivity index (χ2v) is 3.05. The maximum absolute atomic E-state index is 11.7. The van der Waals surface area contributed by atoms with Crippen LogP contribution >= 0.6 is 0 Å². The van der Waals surface area contributed by atoms with Crippen LogP contribution in [0.25, 0.3) is 0 Å². The lowest BCUT2D eigenvalue weighted by Gasteiger charge is -2.07. The van der Waals surface area contributed by atoms with Gasteiger partial charge in [-0.05, 0) is 12.1 Å². The van der Waals surface area contributed by atoms with Crippen molar-refractivity contribution in [2.24, 2.45) is 0 Å². The van der Waals surface area contributed by atoms with Gasteiger partial charge in [0.1, 0.15) is 18.2 Å². The van der Waals surface area contributed by atoms with Crippen LogP contribution in [0.3, 0.4) is 0 Å². The molecular formula is C10H15F2N3O. The van der Waals surface area contributed by atoms with E-state index >= 15 is 0 Å². The number of ether oxygens (including phenoxy) is 1. The molecule has 0 amide bonds. The lowest BCUT2D eigenvalue weighted by atomic mass is 10.4. The molecule has 0 saturated carbocycles. The van der Waals surface area contributed by atoms with Crippen molar-refractivity contribution in [2.45, 2.75) is 6.43 Å². The van der Waals surface area contributed by atoms with Crippen LogP contribution in [0.1, 0.15) is 0 Å². The first-order chi connectivity index (χ1) is 7.72. The van der Waals surface area contributed by atoms with Crippen LogP contribution in [0.2, 0.25) is 0 Å². The molecule has 16 heavy (non-hydrogen) atoms. The topological polar surface area (TPSA) is 46.2 Å². The molecule has 0 spiro atoms. The Morgan fingerprint density at radius 2 is 2.12 bits per heavy atom. The fourth-order valence-electron chi connectivity index (χ4n) is 1.10. The first-order valence-corrected chi connectivity index (χ1v) is 4.97. The van der Waals surface area contributed by atoms with Gasteiger partial charge in [-0.1, -0.05) is 6.07 Å². The number of aromatic nitrogens is 1. The summed E-state index contributed by atoms with van der Waals surface area (Å²) in [5, 5.41) is 5.87. The molecule has 0 aliphatic carbocycles. The summed E-state index contributed by atoms with van der Waals surface area (Å²) in [5.41, 5.74) is 0. The molecule has 6 heteroatoms. The van der Waals surface area contributed by atoms with Crippen molar-refractivity contribution < 1.29 is 13.5 Å². The van der Waals surface area contributed by atoms with Gasteiger partial charge < -0.3 is 15.4 Å². The van der Waals surface area contributed by atoms with E-state index in [9.17, 15) is 8.78 Å². The van der Waals surface area contributed by atoms with Gasteiger partial charge in [-0.15, -0.1) is 0 Å². The van der Waals surface area contributed by atoms with Gasteiger partial charge in [0.05, 0.1) is 6.61 Å². The second kappa shape index (κ2) is 6.95. The van der Waals surface area contributed by atoms with Crippen molar-refractivity contribution in [1.29, 1.82) is 0 Å². The summed E-state index contributed by atoms with van der Waals surface area (Å²) in [4.78, 5) is 4.20. The van der Waals surface area contributed by atoms with Gasteiger partial charge in [-0.25, -0.2) is 13.8 Å². The number of alkyl halides is 2. The molecule has 0 radical (unpaired) electrons. The fourth-order valence-corrected chi connectivity index (χ4v) is 1.10. The maximum atomic E-state index is 11.7. The molecule has 1 heterocycles. The third-order valence-electron chi connectivity index (χ3n) is 1.80. The predicted octanol–water partition coefficient (Wildman–Crippen LogP) is 1.82. The van der Waals surface area contributed by atoms with Crippen molar-refractivity contribution in [3.63, 3.8) is 0 Å². The Labute approximate surface area is 93.0 Å². The van der Waals surface area contributed by atoms with E-state index in [4.69, 9.17) is 4.74 Å². The van der Waals surface area contributed by atoms with Crippen molar-refractivity contribution in [1.82, 2.24) is 4.98 Å². The summed E-state index contributed by atoms with van der Waals surface area (Å²) < 4.78 is 28.2. The number of nitrogens with one attached hydrogen (secondary N) is 2. The minimum Gasteiger partial charge on any atom is -0.374 e. The van der Waals surface area contributed by atoms with Crippen LogP contribution in [0.15, 0.2) is 18.2 Å². The Morgan fingerprint density at radius 3 is 2.81 bits per heavy atom. The number of anilines is 2. The zero-order valence-corrected chi connectivity index (χ0v) is 9.04. The van der Waals surface area contributed by atoms with E-state index in [0.717, 1.165) is 5.82 Å². The summed E-state index contributed by atoms with van der Waals surface area (Å²) in [7, 11) is 1.78. The minimum atomic E-state index is -2.41. The lowest BCUT2D eigenvalue weighted by Crippen LogP contribution is -2.13. The highest BCUT2D eigenvalue weighted by molar-refractivity contribution is 5.44. The Bertz CT molecular complexity index is 310. The first-order valence-electron chi connectivity index (χ1n) is 4.97. The van der Waals surface area contributed by atoms with Crippen LogP contribution in [-0.4, -0.2) is 38.2 Å². The summed E-state index contributed by atoms with van der Waals surface area (Å²) in [6, 6.07) is 5.48. The van der Waals surface area contributed by atoms with E-state index in [1.54, 1.807) is 13.1 Å². The molecule has 1 aromatic rings. The maximum Gasteiger partial charge on any atom is 0.261 e. The van der Waals surface area contributed by atoms with E-state index < -0.39 is 13.0 Å². The number of pyridine rings is 1. The van der Waals surface area contributed by atoms with Gasteiger partial charge in [0.15, 0.2) is 0 Å². The number of rotatable bonds is 7. The van der Waals surface area contributed by atoms with E-state index in [0.29, 0.717) is 12.4 Å². The third kappa shape index (κ3) is 4.88. The highest BCUT2D eigenvalue weighted by atomic mass is 19.3. The molecule has 1 rings (SSSR count). The molecule has 0 unspecified atom stereocenters. The molecule has 0 aliphatic rings. The normalized spacial score (nSPS) is 10.5. The zero-order chi connectivity index (χ0) is 11.8. The number of hydrogen-bond donors (Lipinski definition) is 2. The van der Waals surface area contributed by atoms with Gasteiger partial charge >= 0.3 is 0 Å². The molecule has 1 aromatic heterocycles. The van der Waals surface area contributed by atoms with E-state index in [2.05, 4.69) is 15.6 Å². The van der Waals surface area contributed by atoms with Gasteiger partial charge in [0.2, 0.25) is 0 Å². The van der Waals surface area contributed by atoms with Gasteiger partial charge in [-0.3, -0.25) is 0 Å². The quantitative estimate of drug-likeness (QED) is 0.703. The molecule has 90 valence electrons. The molecule has 4 nitrogen and oxygen atoms in total. The Balaban J connectivity index is 2.21. The molecule has 0 fully saturated rings. The van der Waals surface area contributed by atoms with Gasteiger partial charge in [0, 0.05) is 13.6 Å². The van der Waals surface area contributed by atoms with E-state index in [1.807, 2.05) is 12.1 Å². The predicted molar refractivity (Wildman–Crippen MR) is 59.1 cm³/mol. The largest absolute Gasteiger partial charge is 0.374 e. The fraction of sp³-hybridized carbons (Fsp3) is 0.500. The Morgan fingerprint density at radius 1 is 1.38 bits per heavy atom. The van der Waals surface area contributed by atoms with Crippen LogP contribution in [0, 0.1) is 0 Å². The smallest absolute Gasteiger partial charge is 0.261 e. The zero-order valence-electron chi connectivity index (χ0n) is 9.04. The van der Waals surface area contributed by atoms with Gasteiger partial charge in [-0.2, -0.15) is 0 Å². The highest BCUT2D eigenvalue weighted by Crippen LogP contribution is 2.07. The standard InChI is InChI=1S/C10H15F2N3O/c1-13-9-3-2-4-10(15-9)14-5-6-16-7-8(11)12/h2-4,8H,5-7H2,1H3,(H2,13,14,15). The summed E-state index contributed by atoms with van der Waals surface area (Å²) in [6.07, 6.45) is -2.41. The molecule has 0 aromatic carbocycles. The molecule has 0 saturated heterocycles. The number of halogens is 2. The molecule has 0 bridgehead atoms. The minimum absolute atomic E-state index is 0.232. The summed E-state index contributed by atoms with van der Waals surface area (Å²) in [6.45, 7) is 0.161. The van der Waals surface area contributed by atoms with Crippen molar-refractivity contribution in [3.8, 4) is 0 Å². The van der Waals surface area contributed by atoms with Crippen LogP contribution in [0.5, 0.6) is 0 Å². The third-order valence-corrected chi connectivity index (χ3v) is 1.80. The van der Waals surface area contributed by atoms with Crippen molar-refractivity contribution >= 4 is 11.6 Å². The van der Waals surface area contributed by atoms with Crippen molar-refractivity contribution in [2.75, 3.05) is 37.4 Å². The summed E-state index contributed by atoms with van der Waals surface area (Å²) in [5.74, 6) is 1.44. The average Bonchev–Trinajstić information content (AvgIpc) is 2.28. The summed E-state index contributed by atoms with van der Waals surface area (Å²) >= 11 is 0. The van der Waals surface area contributed by atoms with E-state index in [1.165, 1.54) is 0 Å². The van der Waals surface area contributed by atoms with Crippen molar-refractivity contribution in [3.05, 3.63) is 18.2 Å². The molecule has 0 aliphatic heterocycles. The SMILES string of the molecule is CNc1cccc(NCCOCC(F)F)n1. The average molecular weight is 231 g/mol. The van der Waals surface area contributed by atoms with Crippen LogP contribution in [-0.2, 0) is 4.74 Å². The first kappa shape index (κ1) is 12.6. The van der Waals surface area contributed by atoms with Crippen LogP contribution < -0.4 is 10.6 Å². The Kier molecular flexibility index (Phi) is 5.49. The monoisotopic (exact) mass is 231 g/mol. The molecule has 2 N–H and O–H groups in total. The van der Waals surface area contributed by atoms with E-state index in [-0.39, 0.29) is 6.61 Å². The lowest BCUT2D eigenvalue weighted by molar-refractivity contribution is 0.0215.